The highest BCUT2D eigenvalue weighted by molar-refractivity contribution is 6.13. The Morgan fingerprint density at radius 2 is 2.20 bits per heavy atom. The van der Waals surface area contributed by atoms with E-state index in [0.717, 1.165) is 0 Å². The first-order valence-electron chi connectivity index (χ1n) is 6.07. The second-order valence-electron chi connectivity index (χ2n) is 4.56. The van der Waals surface area contributed by atoms with Crippen molar-refractivity contribution in [3.8, 4) is 0 Å². The zero-order valence-electron chi connectivity index (χ0n) is 11.0. The maximum Gasteiger partial charge on any atom is 0.259 e. The number of hydrogen-bond donors (Lipinski definition) is 2. The molecule has 0 atom stereocenters. The molecule has 3 rings (SSSR count). The smallest absolute Gasteiger partial charge is 0.259 e. The van der Waals surface area contributed by atoms with E-state index in [9.17, 15) is 9.18 Å². The maximum atomic E-state index is 13.9. The van der Waals surface area contributed by atoms with E-state index in [1.807, 2.05) is 0 Å². The fourth-order valence-electron chi connectivity index (χ4n) is 2.22. The standard InChI is InChI=1S/C14H12FN3O2/c1-7-6-11(18-20-7)17-14(19)12-8(2)16-10-5-3-4-9(15)13(10)12/h3-6,16H,1-2H3,(H,17,18,19). The van der Waals surface area contributed by atoms with Crippen LogP contribution in [0.25, 0.3) is 10.9 Å². The summed E-state index contributed by atoms with van der Waals surface area (Å²) in [6.07, 6.45) is 0. The molecule has 0 saturated heterocycles. The van der Waals surface area contributed by atoms with Crippen molar-refractivity contribution in [1.82, 2.24) is 10.1 Å². The van der Waals surface area contributed by atoms with Crippen molar-refractivity contribution < 1.29 is 13.7 Å². The number of aromatic nitrogens is 2. The van der Waals surface area contributed by atoms with Crippen LogP contribution in [0.15, 0.2) is 28.8 Å². The van der Waals surface area contributed by atoms with E-state index in [1.165, 1.54) is 6.07 Å². The predicted octanol–water partition coefficient (Wildman–Crippen LogP) is 3.16. The van der Waals surface area contributed by atoms with E-state index in [1.54, 1.807) is 32.0 Å². The number of carbonyl (C=O) groups is 1. The van der Waals surface area contributed by atoms with Crippen LogP contribution >= 0.6 is 0 Å². The fraction of sp³-hybridized carbons (Fsp3) is 0.143. The van der Waals surface area contributed by atoms with Gasteiger partial charge in [0.05, 0.1) is 5.56 Å². The number of H-pyrrole nitrogens is 1. The number of rotatable bonds is 2. The Hall–Kier alpha value is -2.63. The fourth-order valence-corrected chi connectivity index (χ4v) is 2.22. The largest absolute Gasteiger partial charge is 0.360 e. The van der Waals surface area contributed by atoms with Gasteiger partial charge < -0.3 is 14.8 Å². The lowest BCUT2D eigenvalue weighted by molar-refractivity contribution is 0.102. The van der Waals surface area contributed by atoms with E-state index in [2.05, 4.69) is 15.5 Å². The third-order valence-electron chi connectivity index (χ3n) is 3.06. The second kappa shape index (κ2) is 4.48. The molecule has 0 aliphatic rings. The molecule has 0 aliphatic heterocycles. The number of nitrogens with one attached hydrogen (secondary N) is 2. The lowest BCUT2D eigenvalue weighted by atomic mass is 10.1. The number of fused-ring (bicyclic) bond motifs is 1. The van der Waals surface area contributed by atoms with Gasteiger partial charge in [0.2, 0.25) is 0 Å². The van der Waals surface area contributed by atoms with Gasteiger partial charge in [-0.2, -0.15) is 0 Å². The van der Waals surface area contributed by atoms with Crippen molar-refractivity contribution in [3.63, 3.8) is 0 Å². The molecule has 5 nitrogen and oxygen atoms in total. The van der Waals surface area contributed by atoms with Gasteiger partial charge in [-0.25, -0.2) is 4.39 Å². The summed E-state index contributed by atoms with van der Waals surface area (Å²) < 4.78 is 18.8. The number of amides is 1. The van der Waals surface area contributed by atoms with Crippen molar-refractivity contribution in [3.05, 3.63) is 47.1 Å². The average Bonchev–Trinajstić information content (AvgIpc) is 2.93. The topological polar surface area (TPSA) is 70.9 Å². The number of carbonyl (C=O) groups excluding carboxylic acids is 1. The molecule has 0 spiro atoms. The summed E-state index contributed by atoms with van der Waals surface area (Å²) in [5, 5.41) is 6.56. The molecule has 1 amide bonds. The number of anilines is 1. The number of benzene rings is 1. The third kappa shape index (κ3) is 1.95. The lowest BCUT2D eigenvalue weighted by Crippen LogP contribution is -2.13. The predicted molar refractivity (Wildman–Crippen MR) is 72.2 cm³/mol. The molecule has 6 heteroatoms. The minimum Gasteiger partial charge on any atom is -0.360 e. The SMILES string of the molecule is Cc1cc(NC(=O)c2c(C)[nH]c3cccc(F)c23)no1. The molecule has 1 aromatic carbocycles. The molecule has 0 radical (unpaired) electrons. The summed E-state index contributed by atoms with van der Waals surface area (Å²) in [7, 11) is 0. The second-order valence-corrected chi connectivity index (χ2v) is 4.56. The van der Waals surface area contributed by atoms with Crippen LogP contribution in [0, 0.1) is 19.7 Å². The quantitative estimate of drug-likeness (QED) is 0.753. The molecule has 0 fully saturated rings. The molecule has 0 saturated carbocycles. The van der Waals surface area contributed by atoms with Gasteiger partial charge in [0.1, 0.15) is 11.6 Å². The zero-order chi connectivity index (χ0) is 14.3. The number of aryl methyl sites for hydroxylation is 2. The summed E-state index contributed by atoms with van der Waals surface area (Å²) in [4.78, 5) is 15.3. The van der Waals surface area contributed by atoms with Crippen LogP contribution in [-0.2, 0) is 0 Å². The van der Waals surface area contributed by atoms with E-state index < -0.39 is 11.7 Å². The molecule has 0 unspecified atom stereocenters. The minimum atomic E-state index is -0.437. The van der Waals surface area contributed by atoms with Gasteiger partial charge >= 0.3 is 0 Å². The first kappa shape index (κ1) is 12.4. The van der Waals surface area contributed by atoms with Gasteiger partial charge in [-0.05, 0) is 26.0 Å². The highest BCUT2D eigenvalue weighted by atomic mass is 19.1. The van der Waals surface area contributed by atoms with E-state index in [0.29, 0.717) is 22.8 Å². The zero-order valence-corrected chi connectivity index (χ0v) is 11.0. The summed E-state index contributed by atoms with van der Waals surface area (Å²) in [5.74, 6) is 0.0280. The molecular weight excluding hydrogens is 261 g/mol. The van der Waals surface area contributed by atoms with Crippen molar-refractivity contribution in [1.29, 1.82) is 0 Å². The van der Waals surface area contributed by atoms with Crippen molar-refractivity contribution in [2.45, 2.75) is 13.8 Å². The Kier molecular flexibility index (Phi) is 2.78. The number of halogens is 1. The maximum absolute atomic E-state index is 13.9. The summed E-state index contributed by atoms with van der Waals surface area (Å²) >= 11 is 0. The van der Waals surface area contributed by atoms with Gasteiger partial charge in [0.15, 0.2) is 5.82 Å². The van der Waals surface area contributed by atoms with Gasteiger partial charge in [-0.15, -0.1) is 0 Å². The summed E-state index contributed by atoms with van der Waals surface area (Å²) in [5.41, 5.74) is 1.46. The van der Waals surface area contributed by atoms with Crippen molar-refractivity contribution >= 4 is 22.6 Å². The van der Waals surface area contributed by atoms with Gasteiger partial charge in [-0.3, -0.25) is 4.79 Å². The minimum absolute atomic E-state index is 0.277. The van der Waals surface area contributed by atoms with Gasteiger partial charge in [0, 0.05) is 22.7 Å². The van der Waals surface area contributed by atoms with Crippen LogP contribution in [0.3, 0.4) is 0 Å². The van der Waals surface area contributed by atoms with Crippen LogP contribution < -0.4 is 5.32 Å². The van der Waals surface area contributed by atoms with Gasteiger partial charge in [0.25, 0.3) is 5.91 Å². The molecule has 102 valence electrons. The van der Waals surface area contributed by atoms with Gasteiger partial charge in [-0.1, -0.05) is 11.2 Å². The van der Waals surface area contributed by atoms with Crippen LogP contribution in [0.4, 0.5) is 10.2 Å². The highest BCUT2D eigenvalue weighted by Crippen LogP contribution is 2.25. The number of nitrogens with zero attached hydrogens (tertiary/aromatic N) is 1. The Bertz CT molecular complexity index is 804. The first-order chi connectivity index (χ1) is 9.56. The van der Waals surface area contributed by atoms with Crippen LogP contribution in [0.1, 0.15) is 21.8 Å². The van der Waals surface area contributed by atoms with E-state index in [4.69, 9.17) is 4.52 Å². The van der Waals surface area contributed by atoms with Crippen molar-refractivity contribution in [2.24, 2.45) is 0 Å². The lowest BCUT2D eigenvalue weighted by Gasteiger charge is -2.02. The van der Waals surface area contributed by atoms with Crippen LogP contribution in [0.2, 0.25) is 0 Å². The molecule has 2 N–H and O–H groups in total. The molecule has 0 aliphatic carbocycles. The Morgan fingerprint density at radius 1 is 1.40 bits per heavy atom. The highest BCUT2D eigenvalue weighted by Gasteiger charge is 2.19. The molecular formula is C14H12FN3O2. The normalized spacial score (nSPS) is 10.9. The van der Waals surface area contributed by atoms with E-state index in [-0.39, 0.29) is 10.9 Å². The Morgan fingerprint density at radius 3 is 2.90 bits per heavy atom. The molecule has 0 bridgehead atoms. The molecule has 2 aromatic heterocycles. The molecule has 20 heavy (non-hydrogen) atoms. The van der Waals surface area contributed by atoms with Crippen LogP contribution in [0.5, 0.6) is 0 Å². The third-order valence-corrected chi connectivity index (χ3v) is 3.06. The first-order valence-corrected chi connectivity index (χ1v) is 6.07. The van der Waals surface area contributed by atoms with Crippen LogP contribution in [-0.4, -0.2) is 16.0 Å². The van der Waals surface area contributed by atoms with Crippen molar-refractivity contribution in [2.75, 3.05) is 5.32 Å². The molecule has 2 heterocycles. The monoisotopic (exact) mass is 273 g/mol. The average molecular weight is 273 g/mol. The number of hydrogen-bond acceptors (Lipinski definition) is 3. The Labute approximate surface area is 113 Å². The van der Waals surface area contributed by atoms with E-state index >= 15 is 0 Å². The summed E-state index contributed by atoms with van der Waals surface area (Å²) in [6, 6.07) is 6.24. The molecule has 3 aromatic rings. The number of aromatic amines is 1. The Balaban J connectivity index is 2.05. The summed E-state index contributed by atoms with van der Waals surface area (Å²) in [6.45, 7) is 3.45.